The molecule has 1 fully saturated rings. The molecule has 8 unspecified atom stereocenters. The van der Waals surface area contributed by atoms with Gasteiger partial charge in [-0.3, -0.25) is 9.59 Å². The maximum Gasteiger partial charge on any atom is 0.306 e. The number of carbonyl (C=O) groups excluding carboxylic acids is 2. The van der Waals surface area contributed by atoms with Crippen LogP contribution in [0.4, 0.5) is 0 Å². The highest BCUT2D eigenvalue weighted by molar-refractivity contribution is 5.80. The van der Waals surface area contributed by atoms with Crippen LogP contribution < -0.4 is 5.32 Å². The number of rotatable bonds is 46. The summed E-state index contributed by atoms with van der Waals surface area (Å²) in [6, 6.07) is -1.02. The summed E-state index contributed by atoms with van der Waals surface area (Å²) in [7, 11) is 0. The molecule has 0 aromatic rings. The Morgan fingerprint density at radius 2 is 1.07 bits per heavy atom. The van der Waals surface area contributed by atoms with E-state index in [9.17, 15) is 35.1 Å². The van der Waals surface area contributed by atoms with Crippen LogP contribution in [0, 0.1) is 0 Å². The number of carbonyl (C=O) groups is 2. The molecule has 67 heavy (non-hydrogen) atoms. The molecule has 0 saturated carbocycles. The number of hydrogen-bond acceptors (Lipinski definition) is 10. The number of aliphatic hydroxyl groups is 5. The largest absolute Gasteiger partial charge is 0.454 e. The Morgan fingerprint density at radius 1 is 0.597 bits per heavy atom. The van der Waals surface area contributed by atoms with Crippen LogP contribution in [-0.2, 0) is 23.8 Å². The Kier molecular flexibility index (Phi) is 42.3. The fourth-order valence-corrected chi connectivity index (χ4v) is 8.63. The van der Waals surface area contributed by atoms with Crippen LogP contribution >= 0.6 is 0 Å². The quantitative estimate of drug-likeness (QED) is 0.0196. The summed E-state index contributed by atoms with van der Waals surface area (Å²) in [5.74, 6) is -1.20. The van der Waals surface area contributed by atoms with E-state index in [0.29, 0.717) is 19.3 Å². The minimum atomic E-state index is -1.61. The van der Waals surface area contributed by atoms with E-state index in [0.717, 1.165) is 83.5 Å². The van der Waals surface area contributed by atoms with Gasteiger partial charge in [-0.15, -0.1) is 0 Å². The topological polar surface area (TPSA) is 175 Å². The Morgan fingerprint density at radius 3 is 1.60 bits per heavy atom. The zero-order valence-electron chi connectivity index (χ0n) is 43.0. The zero-order chi connectivity index (χ0) is 49.0. The van der Waals surface area contributed by atoms with E-state index in [4.69, 9.17) is 14.2 Å². The van der Waals surface area contributed by atoms with Gasteiger partial charge in [-0.25, -0.2) is 0 Å². The molecular weight excluding hydrogens is 847 g/mol. The molecule has 0 aliphatic carbocycles. The molecule has 1 aliphatic heterocycles. The standard InChI is InChI=1S/C56H103NO10/c1-4-7-10-13-16-19-22-24-26-29-32-35-38-41-44-51(61)67-54-53(63)52(62)50(45-58)66-56(54)65-46-47(48(59)42-39-36-33-30-27-21-18-15-12-9-6-3)57-55(64)49(60)43-40-37-34-31-28-25-23-20-17-14-11-8-5-2/h7,10,16,19,39,42,47-50,52-54,56,58-60,62-63H,4-6,8-9,11-15,17-18,20-38,40-41,43-46H2,1-3H3,(H,57,64)/b10-7+,19-16+,42-39+. The molecule has 6 N–H and O–H groups in total. The number of allylic oxidation sites excluding steroid dienone is 5. The molecule has 11 heteroatoms. The lowest BCUT2D eigenvalue weighted by Crippen LogP contribution is -2.61. The van der Waals surface area contributed by atoms with Crippen LogP contribution in [0.25, 0.3) is 0 Å². The minimum Gasteiger partial charge on any atom is -0.454 e. The minimum absolute atomic E-state index is 0.116. The fourth-order valence-electron chi connectivity index (χ4n) is 8.63. The molecule has 0 spiro atoms. The first kappa shape index (κ1) is 62.9. The Hall–Kier alpha value is -2.12. The molecule has 0 bridgehead atoms. The first-order valence-corrected chi connectivity index (χ1v) is 27.8. The molecule has 8 atom stereocenters. The van der Waals surface area contributed by atoms with Gasteiger partial charge in [-0.05, 0) is 51.4 Å². The molecule has 0 radical (unpaired) electrons. The highest BCUT2D eigenvalue weighted by Crippen LogP contribution is 2.26. The maximum absolute atomic E-state index is 13.3. The molecule has 1 aliphatic rings. The molecule has 1 rings (SSSR count). The summed E-state index contributed by atoms with van der Waals surface area (Å²) in [6.45, 7) is 5.66. The summed E-state index contributed by atoms with van der Waals surface area (Å²) in [4.78, 5) is 26.4. The Labute approximate surface area is 409 Å². The molecule has 1 saturated heterocycles. The monoisotopic (exact) mass is 950 g/mol. The van der Waals surface area contributed by atoms with Crippen LogP contribution in [0.2, 0.25) is 0 Å². The van der Waals surface area contributed by atoms with Crippen molar-refractivity contribution < 1.29 is 49.3 Å². The Balaban J connectivity index is 2.74. The first-order chi connectivity index (χ1) is 32.7. The van der Waals surface area contributed by atoms with Gasteiger partial charge in [0, 0.05) is 6.42 Å². The van der Waals surface area contributed by atoms with Gasteiger partial charge < -0.3 is 45.1 Å². The van der Waals surface area contributed by atoms with Crippen molar-refractivity contribution in [1.29, 1.82) is 0 Å². The second-order valence-electron chi connectivity index (χ2n) is 19.3. The smallest absolute Gasteiger partial charge is 0.306 e. The van der Waals surface area contributed by atoms with Gasteiger partial charge in [0.1, 0.15) is 24.4 Å². The van der Waals surface area contributed by atoms with Crippen molar-refractivity contribution >= 4 is 11.9 Å². The van der Waals surface area contributed by atoms with Gasteiger partial charge in [0.25, 0.3) is 0 Å². The summed E-state index contributed by atoms with van der Waals surface area (Å²) in [5, 5.41) is 56.7. The summed E-state index contributed by atoms with van der Waals surface area (Å²) in [5.41, 5.74) is 0. The summed E-state index contributed by atoms with van der Waals surface area (Å²) in [6.07, 6.45) is 40.5. The van der Waals surface area contributed by atoms with Crippen molar-refractivity contribution in [2.75, 3.05) is 13.2 Å². The van der Waals surface area contributed by atoms with Crippen LogP contribution in [0.5, 0.6) is 0 Å². The lowest BCUT2D eigenvalue weighted by molar-refractivity contribution is -0.305. The van der Waals surface area contributed by atoms with E-state index in [1.807, 2.05) is 6.08 Å². The van der Waals surface area contributed by atoms with Crippen LogP contribution in [0.15, 0.2) is 36.5 Å². The maximum atomic E-state index is 13.3. The second-order valence-corrected chi connectivity index (χ2v) is 19.3. The molecule has 392 valence electrons. The normalized spacial score (nSPS) is 20.3. The van der Waals surface area contributed by atoms with Crippen molar-refractivity contribution in [1.82, 2.24) is 5.32 Å². The molecule has 11 nitrogen and oxygen atoms in total. The third-order valence-electron chi connectivity index (χ3n) is 13.1. The van der Waals surface area contributed by atoms with Gasteiger partial charge in [0.2, 0.25) is 5.91 Å². The van der Waals surface area contributed by atoms with Crippen molar-refractivity contribution in [3.63, 3.8) is 0 Å². The van der Waals surface area contributed by atoms with E-state index in [2.05, 4.69) is 50.4 Å². The van der Waals surface area contributed by atoms with Gasteiger partial charge in [0.05, 0.1) is 25.4 Å². The molecule has 0 aromatic carbocycles. The zero-order valence-corrected chi connectivity index (χ0v) is 43.0. The number of hydrogen-bond donors (Lipinski definition) is 6. The number of esters is 1. The lowest BCUT2D eigenvalue weighted by Gasteiger charge is -2.41. The van der Waals surface area contributed by atoms with Gasteiger partial charge in [0.15, 0.2) is 12.4 Å². The number of amides is 1. The third-order valence-corrected chi connectivity index (χ3v) is 13.1. The van der Waals surface area contributed by atoms with Crippen molar-refractivity contribution in [3.05, 3.63) is 36.5 Å². The van der Waals surface area contributed by atoms with E-state index >= 15 is 0 Å². The van der Waals surface area contributed by atoms with Crippen LogP contribution in [0.3, 0.4) is 0 Å². The Bertz CT molecular complexity index is 1230. The number of nitrogens with one attached hydrogen (secondary N) is 1. The van der Waals surface area contributed by atoms with E-state index < -0.39 is 67.4 Å². The number of unbranched alkanes of at least 4 members (excludes halogenated alkanes) is 28. The summed E-state index contributed by atoms with van der Waals surface area (Å²) < 4.78 is 17.5. The molecule has 1 amide bonds. The van der Waals surface area contributed by atoms with Crippen molar-refractivity contribution in [3.8, 4) is 0 Å². The van der Waals surface area contributed by atoms with Gasteiger partial charge >= 0.3 is 5.97 Å². The van der Waals surface area contributed by atoms with E-state index in [1.54, 1.807) is 6.08 Å². The fraction of sp³-hybridized carbons (Fsp3) is 0.857. The average molecular weight is 950 g/mol. The average Bonchev–Trinajstić information content (AvgIpc) is 3.32. The van der Waals surface area contributed by atoms with Crippen LogP contribution in [-0.4, -0.2) is 99.6 Å². The second kappa shape index (κ2) is 45.0. The highest BCUT2D eigenvalue weighted by Gasteiger charge is 2.47. The van der Waals surface area contributed by atoms with Crippen LogP contribution in [0.1, 0.15) is 245 Å². The molecular formula is C56H103NO10. The predicted octanol–water partition coefficient (Wildman–Crippen LogP) is 11.9. The highest BCUT2D eigenvalue weighted by atomic mass is 16.7. The lowest BCUT2D eigenvalue weighted by atomic mass is 9.99. The predicted molar refractivity (Wildman–Crippen MR) is 274 cm³/mol. The van der Waals surface area contributed by atoms with E-state index in [-0.39, 0.29) is 13.0 Å². The molecule has 0 aromatic heterocycles. The van der Waals surface area contributed by atoms with Gasteiger partial charge in [-0.1, -0.05) is 224 Å². The molecule has 1 heterocycles. The van der Waals surface area contributed by atoms with Gasteiger partial charge in [-0.2, -0.15) is 0 Å². The van der Waals surface area contributed by atoms with Crippen molar-refractivity contribution in [2.24, 2.45) is 0 Å². The summed E-state index contributed by atoms with van der Waals surface area (Å²) >= 11 is 0. The number of ether oxygens (including phenoxy) is 3. The SMILES string of the molecule is CC/C=C/C/C=C/CCCCCCCCCC(=O)OC1C(OCC(NC(=O)C(O)CCCCCCCCCCCCCCC)C(O)/C=C/CCCCCCCCCCC)OC(CO)C(O)C1O. The third kappa shape index (κ3) is 34.0. The van der Waals surface area contributed by atoms with E-state index in [1.165, 1.54) is 116 Å². The van der Waals surface area contributed by atoms with Crippen molar-refractivity contribution in [2.45, 2.75) is 294 Å². The number of aliphatic hydroxyl groups excluding tert-OH is 5. The first-order valence-electron chi connectivity index (χ1n) is 27.8.